The van der Waals surface area contributed by atoms with Crippen LogP contribution in [0.25, 0.3) is 0 Å². The third-order valence-electron chi connectivity index (χ3n) is 7.73. The second kappa shape index (κ2) is 9.34. The summed E-state index contributed by atoms with van der Waals surface area (Å²) in [5, 5.41) is 4.53. The molecule has 2 saturated heterocycles. The number of amides is 1. The van der Waals surface area contributed by atoms with Crippen LogP contribution in [0.3, 0.4) is 0 Å². The Hall–Kier alpha value is -2.60. The second-order valence-corrected chi connectivity index (χ2v) is 10.3. The van der Waals surface area contributed by atoms with E-state index in [2.05, 4.69) is 34.5 Å². The summed E-state index contributed by atoms with van der Waals surface area (Å²) in [7, 11) is 0. The van der Waals surface area contributed by atoms with Crippen molar-refractivity contribution < 1.29 is 9.53 Å². The molecule has 0 atom stereocenters. The van der Waals surface area contributed by atoms with Gasteiger partial charge in [-0.05, 0) is 79.4 Å². The molecule has 174 valence electrons. The van der Waals surface area contributed by atoms with Crippen molar-refractivity contribution in [2.24, 2.45) is 5.41 Å². The quantitative estimate of drug-likeness (QED) is 0.700. The number of hydrogen-bond acceptors (Lipinski definition) is 3. The summed E-state index contributed by atoms with van der Waals surface area (Å²) in [6, 6.07) is 16.9. The molecule has 2 aromatic rings. The van der Waals surface area contributed by atoms with Crippen LogP contribution in [0.4, 0.5) is 0 Å². The lowest BCUT2D eigenvalue weighted by atomic mass is 9.78. The average Bonchev–Trinajstić information content (AvgIpc) is 3.43. The van der Waals surface area contributed by atoms with Gasteiger partial charge < -0.3 is 19.9 Å². The molecule has 2 fully saturated rings. The monoisotopic (exact) mass is 463 g/mol. The summed E-state index contributed by atoms with van der Waals surface area (Å²) < 4.78 is 5.78. The van der Waals surface area contributed by atoms with Crippen molar-refractivity contribution in [3.63, 3.8) is 0 Å². The Bertz CT molecular complexity index is 1010. The number of para-hydroxylation sites is 1. The van der Waals surface area contributed by atoms with Crippen LogP contribution in [-0.4, -0.2) is 59.6 Å². The zero-order valence-electron chi connectivity index (χ0n) is 19.4. The molecular formula is C27H33N3O2S. The summed E-state index contributed by atoms with van der Waals surface area (Å²) in [5.41, 5.74) is 4.22. The number of fused-ring (bicyclic) bond motifs is 1. The molecule has 0 aromatic heterocycles. The summed E-state index contributed by atoms with van der Waals surface area (Å²) >= 11 is 5.80. The van der Waals surface area contributed by atoms with Crippen molar-refractivity contribution in [2.75, 3.05) is 32.8 Å². The minimum Gasteiger partial charge on any atom is -0.484 e. The van der Waals surface area contributed by atoms with Crippen molar-refractivity contribution in [2.45, 2.75) is 45.1 Å². The molecule has 0 radical (unpaired) electrons. The second-order valence-electron chi connectivity index (χ2n) is 9.93. The number of ether oxygens (including phenoxy) is 1. The van der Waals surface area contributed by atoms with E-state index in [4.69, 9.17) is 17.0 Å². The molecular weight excluding hydrogens is 430 g/mol. The Morgan fingerprint density at radius 1 is 1.00 bits per heavy atom. The van der Waals surface area contributed by atoms with Crippen LogP contribution in [0.5, 0.6) is 5.75 Å². The Morgan fingerprint density at radius 2 is 1.61 bits per heavy atom. The van der Waals surface area contributed by atoms with E-state index in [-0.39, 0.29) is 17.9 Å². The molecule has 5 rings (SSSR count). The van der Waals surface area contributed by atoms with Gasteiger partial charge in [-0.2, -0.15) is 0 Å². The number of aryl methyl sites for hydroxylation is 1. The normalized spacial score (nSPS) is 19.5. The Labute approximate surface area is 202 Å². The Balaban J connectivity index is 1.08. The van der Waals surface area contributed by atoms with Crippen LogP contribution >= 0.6 is 12.2 Å². The minimum atomic E-state index is 0.0842. The van der Waals surface area contributed by atoms with Gasteiger partial charge in [-0.3, -0.25) is 4.79 Å². The molecule has 1 spiro atoms. The number of benzene rings is 2. The van der Waals surface area contributed by atoms with E-state index in [1.54, 1.807) is 0 Å². The van der Waals surface area contributed by atoms with Gasteiger partial charge in [0.05, 0.1) is 0 Å². The molecule has 33 heavy (non-hydrogen) atoms. The summed E-state index contributed by atoms with van der Waals surface area (Å²) in [6.07, 6.45) is 5.34. The predicted octanol–water partition coefficient (Wildman–Crippen LogP) is 3.73. The van der Waals surface area contributed by atoms with Gasteiger partial charge in [-0.15, -0.1) is 0 Å². The van der Waals surface area contributed by atoms with Gasteiger partial charge in [0.25, 0.3) is 5.91 Å². The van der Waals surface area contributed by atoms with Gasteiger partial charge in [0.2, 0.25) is 0 Å². The van der Waals surface area contributed by atoms with Gasteiger partial charge in [-0.25, -0.2) is 0 Å². The fourth-order valence-electron chi connectivity index (χ4n) is 5.62. The van der Waals surface area contributed by atoms with Gasteiger partial charge in [0.1, 0.15) is 5.75 Å². The van der Waals surface area contributed by atoms with E-state index in [1.807, 2.05) is 36.1 Å². The van der Waals surface area contributed by atoms with Crippen LogP contribution in [-0.2, 0) is 17.6 Å². The highest BCUT2D eigenvalue weighted by atomic mass is 32.1. The predicted molar refractivity (Wildman–Crippen MR) is 134 cm³/mol. The fourth-order valence-corrected chi connectivity index (χ4v) is 5.95. The van der Waals surface area contributed by atoms with Crippen molar-refractivity contribution in [1.29, 1.82) is 0 Å². The molecule has 2 aromatic carbocycles. The van der Waals surface area contributed by atoms with Gasteiger partial charge in [0.15, 0.2) is 11.7 Å². The molecule has 2 aliphatic heterocycles. The van der Waals surface area contributed by atoms with Crippen LogP contribution < -0.4 is 10.1 Å². The van der Waals surface area contributed by atoms with Gasteiger partial charge >= 0.3 is 0 Å². The number of hydrogen-bond donors (Lipinski definition) is 1. The number of nitrogens with one attached hydrogen (secondary N) is 1. The molecule has 1 aliphatic carbocycles. The zero-order chi connectivity index (χ0) is 22.8. The Kier molecular flexibility index (Phi) is 6.28. The first-order valence-electron chi connectivity index (χ1n) is 12.1. The number of thiocarbonyl (C=S) groups is 1. The van der Waals surface area contributed by atoms with Gasteiger partial charge in [0, 0.05) is 32.2 Å². The standard InChI is InChI=1S/C27H33N3O2S/c1-20-6-2-5-9-24(20)32-18-25(31)29-13-10-27(11-14-29)12-15-30(19-27)26(33)28-23-16-21-7-3-4-8-22(21)17-23/h2-9,23H,10-19H2,1H3,(H,28,33). The van der Waals surface area contributed by atoms with E-state index in [0.29, 0.717) is 6.04 Å². The van der Waals surface area contributed by atoms with E-state index < -0.39 is 0 Å². The number of carbonyl (C=O) groups is 1. The smallest absolute Gasteiger partial charge is 0.260 e. The van der Waals surface area contributed by atoms with E-state index in [9.17, 15) is 4.79 Å². The van der Waals surface area contributed by atoms with Crippen molar-refractivity contribution in [3.05, 3.63) is 65.2 Å². The summed E-state index contributed by atoms with van der Waals surface area (Å²) in [6.45, 7) is 5.74. The fraction of sp³-hybridized carbons (Fsp3) is 0.481. The van der Waals surface area contributed by atoms with Crippen LogP contribution in [0.15, 0.2) is 48.5 Å². The number of carbonyl (C=O) groups excluding carboxylic acids is 1. The molecule has 0 bridgehead atoms. The van der Waals surface area contributed by atoms with Gasteiger partial charge in [-0.1, -0.05) is 42.5 Å². The molecule has 0 unspecified atom stereocenters. The highest BCUT2D eigenvalue weighted by Crippen LogP contribution is 2.40. The maximum absolute atomic E-state index is 12.7. The summed E-state index contributed by atoms with van der Waals surface area (Å²) in [5.74, 6) is 0.873. The SMILES string of the molecule is Cc1ccccc1OCC(=O)N1CCC2(CC1)CCN(C(=S)NC1Cc3ccccc3C1)C2. The maximum Gasteiger partial charge on any atom is 0.260 e. The first kappa shape index (κ1) is 22.2. The van der Waals surface area contributed by atoms with Crippen molar-refractivity contribution in [3.8, 4) is 5.75 Å². The molecule has 2 heterocycles. The highest BCUT2D eigenvalue weighted by molar-refractivity contribution is 7.80. The van der Waals surface area contributed by atoms with E-state index in [1.165, 1.54) is 11.1 Å². The lowest BCUT2D eigenvalue weighted by Crippen LogP contribution is -2.48. The molecule has 0 saturated carbocycles. The average molecular weight is 464 g/mol. The van der Waals surface area contributed by atoms with Crippen molar-refractivity contribution >= 4 is 23.2 Å². The molecule has 3 aliphatic rings. The molecule has 1 amide bonds. The maximum atomic E-state index is 12.7. The lowest BCUT2D eigenvalue weighted by Gasteiger charge is -2.39. The largest absolute Gasteiger partial charge is 0.484 e. The van der Waals surface area contributed by atoms with Crippen LogP contribution in [0, 0.1) is 12.3 Å². The molecule has 1 N–H and O–H groups in total. The van der Waals surface area contributed by atoms with Crippen LogP contribution in [0.1, 0.15) is 36.0 Å². The first-order chi connectivity index (χ1) is 16.0. The van der Waals surface area contributed by atoms with Crippen molar-refractivity contribution in [1.82, 2.24) is 15.1 Å². The Morgan fingerprint density at radius 3 is 2.27 bits per heavy atom. The number of piperidine rings is 1. The molecule has 6 heteroatoms. The number of nitrogens with zero attached hydrogens (tertiary/aromatic N) is 2. The lowest BCUT2D eigenvalue weighted by molar-refractivity contribution is -0.135. The van der Waals surface area contributed by atoms with Crippen LogP contribution in [0.2, 0.25) is 0 Å². The first-order valence-corrected chi connectivity index (χ1v) is 12.5. The number of likely N-dealkylation sites (tertiary alicyclic amines) is 2. The molecule has 5 nitrogen and oxygen atoms in total. The third-order valence-corrected chi connectivity index (χ3v) is 8.10. The third kappa shape index (κ3) is 4.86. The van der Waals surface area contributed by atoms with E-state index in [0.717, 1.165) is 74.7 Å². The zero-order valence-corrected chi connectivity index (χ0v) is 20.2. The minimum absolute atomic E-state index is 0.0842. The summed E-state index contributed by atoms with van der Waals surface area (Å²) in [4.78, 5) is 17.0. The highest BCUT2D eigenvalue weighted by Gasteiger charge is 2.42. The topological polar surface area (TPSA) is 44.8 Å². The van der Waals surface area contributed by atoms with E-state index >= 15 is 0 Å². The number of rotatable bonds is 4.